The van der Waals surface area contributed by atoms with Gasteiger partial charge in [-0.25, -0.2) is 0 Å². The summed E-state index contributed by atoms with van der Waals surface area (Å²) in [6.07, 6.45) is 0. The maximum Gasteiger partial charge on any atom is 0.264 e. The van der Waals surface area contributed by atoms with Crippen molar-refractivity contribution in [2.24, 2.45) is 0 Å². The van der Waals surface area contributed by atoms with Crippen LogP contribution in [0.4, 0.5) is 5.95 Å². The van der Waals surface area contributed by atoms with Crippen LogP contribution in [0, 0.1) is 0 Å². The number of methoxy groups -OCH3 is 1. The van der Waals surface area contributed by atoms with Crippen molar-refractivity contribution in [3.63, 3.8) is 0 Å². The van der Waals surface area contributed by atoms with E-state index in [9.17, 15) is 0 Å². The molecule has 4 rings (SSSR count). The lowest BCUT2D eigenvalue weighted by atomic mass is 10.2. The van der Waals surface area contributed by atoms with Gasteiger partial charge in [-0.1, -0.05) is 54.1 Å². The monoisotopic (exact) mass is 471 g/mol. The number of nitrogens with zero attached hydrogens (tertiary/aromatic N) is 3. The van der Waals surface area contributed by atoms with Crippen molar-refractivity contribution in [3.8, 4) is 23.1 Å². The van der Waals surface area contributed by atoms with E-state index in [4.69, 9.17) is 35.3 Å². The van der Waals surface area contributed by atoms with Crippen LogP contribution in [0.3, 0.4) is 0 Å². The largest absolute Gasteiger partial charge is 0.493 e. The van der Waals surface area contributed by atoms with E-state index in [1.165, 1.54) is 0 Å². The van der Waals surface area contributed by atoms with E-state index in [0.29, 0.717) is 57.0 Å². The third-order valence-corrected chi connectivity index (χ3v) is 5.19. The summed E-state index contributed by atoms with van der Waals surface area (Å²) in [6.45, 7) is 3.68. The summed E-state index contributed by atoms with van der Waals surface area (Å²) >= 11 is 6.53. The third-order valence-electron chi connectivity index (χ3n) is 4.93. The molecule has 2 heterocycles. The number of benzene rings is 2. The van der Waals surface area contributed by atoms with E-state index in [1.54, 1.807) is 19.2 Å². The Morgan fingerprint density at radius 2 is 1.67 bits per heavy atom. The first kappa shape index (κ1) is 23.1. The molecule has 0 N–H and O–H groups in total. The second-order valence-corrected chi connectivity index (χ2v) is 7.55. The zero-order valence-corrected chi connectivity index (χ0v) is 19.2. The summed E-state index contributed by atoms with van der Waals surface area (Å²) in [7, 11) is 1.57. The number of para-hydroxylation sites is 2. The fourth-order valence-corrected chi connectivity index (χ4v) is 3.45. The number of anilines is 1. The molecule has 174 valence electrons. The lowest BCUT2D eigenvalue weighted by molar-refractivity contribution is 0.0864. The van der Waals surface area contributed by atoms with Crippen LogP contribution in [-0.2, 0) is 16.1 Å². The van der Waals surface area contributed by atoms with E-state index >= 15 is 0 Å². The van der Waals surface area contributed by atoms with Gasteiger partial charge < -0.3 is 28.6 Å². The standard InChI is InChI=1S/C24H26ClN3O5/c1-29-19-9-5-6-10-20(19)33-21-22(25)26-24(28-11-13-30-14-12-28)27-23(21)32-16-15-31-17-18-7-3-2-4-8-18/h2-10H,11-17H2,1H3. The molecule has 1 fully saturated rings. The molecule has 1 saturated heterocycles. The third kappa shape index (κ3) is 6.25. The number of halogens is 1. The predicted octanol–water partition coefficient (Wildman–Crippen LogP) is 4.36. The minimum atomic E-state index is 0.151. The topological polar surface area (TPSA) is 75.2 Å². The molecule has 0 aliphatic carbocycles. The average Bonchev–Trinajstić information content (AvgIpc) is 2.87. The minimum Gasteiger partial charge on any atom is -0.493 e. The van der Waals surface area contributed by atoms with Gasteiger partial charge in [0.15, 0.2) is 16.7 Å². The van der Waals surface area contributed by atoms with Gasteiger partial charge in [0, 0.05) is 13.1 Å². The number of hydrogen-bond donors (Lipinski definition) is 0. The van der Waals surface area contributed by atoms with Gasteiger partial charge in [0.2, 0.25) is 11.7 Å². The molecule has 0 spiro atoms. The summed E-state index contributed by atoms with van der Waals surface area (Å²) in [6, 6.07) is 17.2. The van der Waals surface area contributed by atoms with Gasteiger partial charge in [0.25, 0.3) is 5.88 Å². The highest BCUT2D eigenvalue weighted by Crippen LogP contribution is 2.40. The first-order valence-corrected chi connectivity index (χ1v) is 11.1. The molecular formula is C24H26ClN3O5. The Hall–Kier alpha value is -3.07. The Bertz CT molecular complexity index is 1030. The van der Waals surface area contributed by atoms with E-state index in [-0.39, 0.29) is 23.4 Å². The van der Waals surface area contributed by atoms with Crippen molar-refractivity contribution in [2.45, 2.75) is 6.61 Å². The maximum absolute atomic E-state index is 6.53. The molecule has 1 aliphatic rings. The lowest BCUT2D eigenvalue weighted by Gasteiger charge is -2.27. The predicted molar refractivity (Wildman–Crippen MR) is 125 cm³/mol. The molecule has 1 aromatic heterocycles. The molecule has 0 unspecified atom stereocenters. The van der Waals surface area contributed by atoms with Gasteiger partial charge >= 0.3 is 0 Å². The van der Waals surface area contributed by atoms with E-state index in [0.717, 1.165) is 5.56 Å². The van der Waals surface area contributed by atoms with Crippen LogP contribution in [0.1, 0.15) is 5.56 Å². The second-order valence-electron chi connectivity index (χ2n) is 7.19. The van der Waals surface area contributed by atoms with Crippen LogP contribution in [0.5, 0.6) is 23.1 Å². The zero-order valence-electron chi connectivity index (χ0n) is 18.4. The lowest BCUT2D eigenvalue weighted by Crippen LogP contribution is -2.37. The van der Waals surface area contributed by atoms with Gasteiger partial charge in [0.1, 0.15) is 6.61 Å². The molecule has 2 aromatic carbocycles. The zero-order chi connectivity index (χ0) is 22.9. The van der Waals surface area contributed by atoms with Crippen LogP contribution in [0.2, 0.25) is 5.15 Å². The number of hydrogen-bond acceptors (Lipinski definition) is 8. The summed E-state index contributed by atoms with van der Waals surface area (Å²) in [5.74, 6) is 1.97. The average molecular weight is 472 g/mol. The van der Waals surface area contributed by atoms with Gasteiger partial charge in [-0.2, -0.15) is 9.97 Å². The fourth-order valence-electron chi connectivity index (χ4n) is 3.26. The van der Waals surface area contributed by atoms with Gasteiger partial charge in [0.05, 0.1) is 33.5 Å². The van der Waals surface area contributed by atoms with Crippen molar-refractivity contribution in [1.29, 1.82) is 0 Å². The highest BCUT2D eigenvalue weighted by molar-refractivity contribution is 6.31. The summed E-state index contributed by atoms with van der Waals surface area (Å²) in [5.41, 5.74) is 1.09. The summed E-state index contributed by atoms with van der Waals surface area (Å²) < 4.78 is 28.5. The number of aromatic nitrogens is 2. The number of morpholine rings is 1. The van der Waals surface area contributed by atoms with Gasteiger partial charge in [-0.15, -0.1) is 0 Å². The molecule has 0 radical (unpaired) electrons. The van der Waals surface area contributed by atoms with E-state index < -0.39 is 0 Å². The second kappa shape index (κ2) is 11.7. The van der Waals surface area contributed by atoms with Gasteiger partial charge in [-0.05, 0) is 17.7 Å². The molecule has 3 aromatic rings. The van der Waals surface area contributed by atoms with Crippen molar-refractivity contribution < 1.29 is 23.7 Å². The first-order valence-electron chi connectivity index (χ1n) is 10.7. The minimum absolute atomic E-state index is 0.151. The molecular weight excluding hydrogens is 446 g/mol. The van der Waals surface area contributed by atoms with Crippen molar-refractivity contribution >= 4 is 17.5 Å². The molecule has 0 amide bonds. The Morgan fingerprint density at radius 3 is 2.42 bits per heavy atom. The van der Waals surface area contributed by atoms with Crippen molar-refractivity contribution in [2.75, 3.05) is 51.5 Å². The summed E-state index contributed by atoms with van der Waals surface area (Å²) in [5, 5.41) is 0.151. The quantitative estimate of drug-likeness (QED) is 0.319. The Morgan fingerprint density at radius 1 is 0.939 bits per heavy atom. The van der Waals surface area contributed by atoms with Crippen LogP contribution in [0.15, 0.2) is 54.6 Å². The summed E-state index contributed by atoms with van der Waals surface area (Å²) in [4.78, 5) is 11.0. The molecule has 0 bridgehead atoms. The van der Waals surface area contributed by atoms with Crippen LogP contribution >= 0.6 is 11.6 Å². The number of ether oxygens (including phenoxy) is 5. The first-order chi connectivity index (χ1) is 16.2. The highest BCUT2D eigenvalue weighted by atomic mass is 35.5. The number of rotatable bonds is 10. The molecule has 0 saturated carbocycles. The van der Waals surface area contributed by atoms with Crippen LogP contribution < -0.4 is 19.1 Å². The van der Waals surface area contributed by atoms with Crippen LogP contribution in [-0.4, -0.2) is 56.6 Å². The fraction of sp³-hybridized carbons (Fsp3) is 0.333. The Kier molecular flexibility index (Phi) is 8.19. The highest BCUT2D eigenvalue weighted by Gasteiger charge is 2.22. The normalized spacial score (nSPS) is 13.6. The molecule has 33 heavy (non-hydrogen) atoms. The van der Waals surface area contributed by atoms with Crippen molar-refractivity contribution in [3.05, 3.63) is 65.3 Å². The molecule has 9 heteroatoms. The van der Waals surface area contributed by atoms with Crippen molar-refractivity contribution in [1.82, 2.24) is 9.97 Å². The maximum atomic E-state index is 6.53. The van der Waals surface area contributed by atoms with Gasteiger partial charge in [-0.3, -0.25) is 0 Å². The Labute approximate surface area is 198 Å². The molecule has 0 atom stereocenters. The smallest absolute Gasteiger partial charge is 0.264 e. The Balaban J connectivity index is 1.50. The van der Waals surface area contributed by atoms with Crippen LogP contribution in [0.25, 0.3) is 0 Å². The van der Waals surface area contributed by atoms with E-state index in [2.05, 4.69) is 9.97 Å². The van der Waals surface area contributed by atoms with E-state index in [1.807, 2.05) is 47.4 Å². The SMILES string of the molecule is COc1ccccc1Oc1c(Cl)nc(N2CCOCC2)nc1OCCOCc1ccccc1. The molecule has 1 aliphatic heterocycles. The molecule has 8 nitrogen and oxygen atoms in total.